The van der Waals surface area contributed by atoms with Crippen LogP contribution in [0.5, 0.6) is 5.75 Å². The van der Waals surface area contributed by atoms with Gasteiger partial charge in [-0.05, 0) is 64.8 Å². The molecule has 0 fully saturated rings. The molecule has 0 saturated heterocycles. The van der Waals surface area contributed by atoms with E-state index in [0.717, 1.165) is 27.8 Å². The molecule has 0 bridgehead atoms. The number of aryl methyl sites for hydroxylation is 1. The maximum Gasteiger partial charge on any atom is 0.389 e. The van der Waals surface area contributed by atoms with Gasteiger partial charge < -0.3 is 10.1 Å². The number of halogens is 3. The summed E-state index contributed by atoms with van der Waals surface area (Å²) in [4.78, 5) is 13.1. The summed E-state index contributed by atoms with van der Waals surface area (Å²) in [5.74, 6) is 0.126. The van der Waals surface area contributed by atoms with Crippen molar-refractivity contribution in [1.82, 2.24) is 5.32 Å². The Morgan fingerprint density at radius 1 is 0.973 bits per heavy atom. The molecule has 1 aliphatic carbocycles. The average Bonchev–Trinajstić information content (AvgIpc) is 3.23. The van der Waals surface area contributed by atoms with Crippen LogP contribution in [-0.4, -0.2) is 18.7 Å². The molecular weight excluding hydrogens is 477 g/mol. The Hall–Kier alpha value is -4.05. The molecule has 1 spiro atoms. The third-order valence-electron chi connectivity index (χ3n) is 7.10. The minimum absolute atomic E-state index is 0.0163. The highest BCUT2D eigenvalue weighted by Crippen LogP contribution is 2.47. The van der Waals surface area contributed by atoms with Crippen molar-refractivity contribution in [3.05, 3.63) is 95.1 Å². The third kappa shape index (κ3) is 5.10. The van der Waals surface area contributed by atoms with Gasteiger partial charge in [0.05, 0.1) is 12.1 Å². The van der Waals surface area contributed by atoms with E-state index in [1.165, 1.54) is 0 Å². The Labute approximate surface area is 213 Å². The van der Waals surface area contributed by atoms with E-state index in [2.05, 4.69) is 11.4 Å². The summed E-state index contributed by atoms with van der Waals surface area (Å²) in [6.45, 7) is -0.0163. The molecule has 3 aromatic rings. The number of benzene rings is 3. The number of nitriles is 1. The number of amides is 1. The number of nitrogens with zero attached hydrogens (tertiary/aromatic N) is 1. The molecule has 1 amide bonds. The number of fused-ring (bicyclic) bond motifs is 2. The number of hydrogen-bond acceptors (Lipinski definition) is 3. The highest BCUT2D eigenvalue weighted by Gasteiger charge is 2.45. The largest absolute Gasteiger partial charge is 0.494 e. The van der Waals surface area contributed by atoms with Crippen molar-refractivity contribution < 1.29 is 22.7 Å². The molecule has 1 atom stereocenters. The predicted molar refractivity (Wildman–Crippen MR) is 134 cm³/mol. The smallest absolute Gasteiger partial charge is 0.389 e. The minimum atomic E-state index is -4.19. The molecule has 0 saturated carbocycles. The summed E-state index contributed by atoms with van der Waals surface area (Å²) in [5, 5.41) is 12.9. The quantitative estimate of drug-likeness (QED) is 0.381. The standard InChI is InChI=1S/C30H25F3N2O2/c31-30(32,33)14-4-16-37-24-11-12-27-23(17-24)13-15-29(27)18-25(26(19-34)28(36)35-29)22-9-7-21(8-10-22)20-5-2-1-3-6-20/h1-3,5-12,17H,4,13-16,18H2,(H,35,36). The van der Waals surface area contributed by atoms with Crippen molar-refractivity contribution >= 4 is 11.5 Å². The zero-order valence-electron chi connectivity index (χ0n) is 20.1. The van der Waals surface area contributed by atoms with Crippen molar-refractivity contribution in [2.75, 3.05) is 6.61 Å². The number of alkyl halides is 3. The fraction of sp³-hybridized carbons (Fsp3) is 0.267. The molecule has 7 heteroatoms. The summed E-state index contributed by atoms with van der Waals surface area (Å²) in [5.41, 5.74) is 5.11. The molecular formula is C30H25F3N2O2. The van der Waals surface area contributed by atoms with Crippen molar-refractivity contribution in [2.45, 2.75) is 43.8 Å². The van der Waals surface area contributed by atoms with E-state index >= 15 is 0 Å². The lowest BCUT2D eigenvalue weighted by molar-refractivity contribution is -0.136. The topological polar surface area (TPSA) is 62.1 Å². The third-order valence-corrected chi connectivity index (χ3v) is 7.10. The van der Waals surface area contributed by atoms with Crippen LogP contribution in [0.4, 0.5) is 13.2 Å². The van der Waals surface area contributed by atoms with Crippen LogP contribution in [0.15, 0.2) is 78.4 Å². The van der Waals surface area contributed by atoms with E-state index in [9.17, 15) is 23.2 Å². The molecule has 0 radical (unpaired) electrons. The molecule has 4 nitrogen and oxygen atoms in total. The summed E-state index contributed by atoms with van der Waals surface area (Å²) < 4.78 is 42.7. The number of hydrogen-bond donors (Lipinski definition) is 1. The summed E-state index contributed by atoms with van der Waals surface area (Å²) in [6, 6.07) is 25.4. The van der Waals surface area contributed by atoms with Gasteiger partial charge >= 0.3 is 6.18 Å². The lowest BCUT2D eigenvalue weighted by atomic mass is 9.78. The van der Waals surface area contributed by atoms with Gasteiger partial charge in [-0.1, -0.05) is 60.7 Å². The van der Waals surface area contributed by atoms with Gasteiger partial charge in [0, 0.05) is 12.8 Å². The van der Waals surface area contributed by atoms with Crippen LogP contribution < -0.4 is 10.1 Å². The predicted octanol–water partition coefficient (Wildman–Crippen LogP) is 6.71. The number of nitrogens with one attached hydrogen (secondary N) is 1. The first kappa shape index (κ1) is 24.6. The molecule has 188 valence electrons. The van der Waals surface area contributed by atoms with Gasteiger partial charge in [0.1, 0.15) is 17.4 Å². The number of rotatable bonds is 6. The Bertz CT molecular complexity index is 1390. The zero-order chi connectivity index (χ0) is 26.0. The zero-order valence-corrected chi connectivity index (χ0v) is 20.1. The van der Waals surface area contributed by atoms with E-state index in [4.69, 9.17) is 4.74 Å². The first-order valence-corrected chi connectivity index (χ1v) is 12.2. The highest BCUT2D eigenvalue weighted by atomic mass is 19.4. The van der Waals surface area contributed by atoms with Gasteiger partial charge in [0.2, 0.25) is 0 Å². The molecule has 1 aliphatic heterocycles. The number of ether oxygens (including phenoxy) is 1. The van der Waals surface area contributed by atoms with E-state index in [1.807, 2.05) is 66.7 Å². The second-order valence-electron chi connectivity index (χ2n) is 9.51. The maximum absolute atomic E-state index is 13.1. The van der Waals surface area contributed by atoms with Gasteiger partial charge in [-0.3, -0.25) is 4.79 Å². The lowest BCUT2D eigenvalue weighted by Gasteiger charge is -2.37. The summed E-state index contributed by atoms with van der Waals surface area (Å²) in [7, 11) is 0. The number of carbonyl (C=O) groups is 1. The Morgan fingerprint density at radius 2 is 1.68 bits per heavy atom. The SMILES string of the molecule is N#CC1=C(c2ccc(-c3ccccc3)cc2)CC2(CCc3cc(OCCCC(F)(F)F)ccc32)NC1=O. The van der Waals surface area contributed by atoms with Gasteiger partial charge in [-0.15, -0.1) is 0 Å². The average molecular weight is 503 g/mol. The highest BCUT2D eigenvalue weighted by molar-refractivity contribution is 6.07. The van der Waals surface area contributed by atoms with Gasteiger partial charge in [-0.2, -0.15) is 18.4 Å². The molecule has 0 aromatic heterocycles. The van der Waals surface area contributed by atoms with Crippen molar-refractivity contribution in [3.63, 3.8) is 0 Å². The van der Waals surface area contributed by atoms with Crippen LogP contribution in [0.3, 0.4) is 0 Å². The van der Waals surface area contributed by atoms with Crippen molar-refractivity contribution in [3.8, 4) is 22.9 Å². The molecule has 1 unspecified atom stereocenters. The monoisotopic (exact) mass is 502 g/mol. The molecule has 2 aliphatic rings. The number of carbonyl (C=O) groups excluding carboxylic acids is 1. The van der Waals surface area contributed by atoms with Gasteiger partial charge in [0.25, 0.3) is 5.91 Å². The molecule has 1 N–H and O–H groups in total. The second kappa shape index (κ2) is 9.78. The Morgan fingerprint density at radius 3 is 2.38 bits per heavy atom. The summed E-state index contributed by atoms with van der Waals surface area (Å²) >= 11 is 0. The Balaban J connectivity index is 1.38. The first-order valence-electron chi connectivity index (χ1n) is 12.2. The van der Waals surface area contributed by atoms with Crippen LogP contribution in [-0.2, 0) is 16.8 Å². The van der Waals surface area contributed by atoms with E-state index in [-0.39, 0.29) is 18.6 Å². The Kier molecular flexibility index (Phi) is 6.51. The van der Waals surface area contributed by atoms with Crippen LogP contribution in [0, 0.1) is 11.3 Å². The normalized spacial score (nSPS) is 18.9. The fourth-order valence-electron chi connectivity index (χ4n) is 5.30. The van der Waals surface area contributed by atoms with Crippen LogP contribution in [0.25, 0.3) is 16.7 Å². The van der Waals surface area contributed by atoms with Crippen LogP contribution in [0.1, 0.15) is 42.4 Å². The van der Waals surface area contributed by atoms with Crippen molar-refractivity contribution in [1.29, 1.82) is 5.26 Å². The van der Waals surface area contributed by atoms with E-state index in [0.29, 0.717) is 30.6 Å². The van der Waals surface area contributed by atoms with Crippen molar-refractivity contribution in [2.24, 2.45) is 0 Å². The minimum Gasteiger partial charge on any atom is -0.494 e. The molecule has 1 heterocycles. The second-order valence-corrected chi connectivity index (χ2v) is 9.51. The van der Waals surface area contributed by atoms with E-state index in [1.54, 1.807) is 6.07 Å². The summed E-state index contributed by atoms with van der Waals surface area (Å²) in [6.07, 6.45) is -3.34. The van der Waals surface area contributed by atoms with Gasteiger partial charge in [-0.25, -0.2) is 0 Å². The maximum atomic E-state index is 13.1. The lowest BCUT2D eigenvalue weighted by Crippen LogP contribution is -2.48. The molecule has 3 aromatic carbocycles. The van der Waals surface area contributed by atoms with Gasteiger partial charge in [0.15, 0.2) is 0 Å². The fourth-order valence-corrected chi connectivity index (χ4v) is 5.30. The first-order chi connectivity index (χ1) is 17.8. The molecule has 5 rings (SSSR count). The van der Waals surface area contributed by atoms with Crippen LogP contribution in [0.2, 0.25) is 0 Å². The van der Waals surface area contributed by atoms with E-state index < -0.39 is 24.0 Å². The van der Waals surface area contributed by atoms with Crippen LogP contribution >= 0.6 is 0 Å². The molecule has 37 heavy (non-hydrogen) atoms.